The van der Waals surface area contributed by atoms with Crippen molar-refractivity contribution in [2.45, 2.75) is 290 Å². The minimum Gasteiger partial charge on any atom is -0.462 e. The van der Waals surface area contributed by atoms with Gasteiger partial charge in [-0.2, -0.15) is 0 Å². The highest BCUT2D eigenvalue weighted by Crippen LogP contribution is 2.15. The first-order valence-electron chi connectivity index (χ1n) is 33.5. The molecule has 6 heteroatoms. The molecule has 1 atom stereocenters. The Hall–Kier alpha value is -4.97. The summed E-state index contributed by atoms with van der Waals surface area (Å²) in [4.78, 5) is 38.4. The Kier molecular flexibility index (Phi) is 64.4. The number of carbonyl (C=O) groups excluding carboxylic acids is 3. The van der Waals surface area contributed by atoms with Crippen LogP contribution in [-0.2, 0) is 28.6 Å². The molecular formula is C76H122O6. The third-order valence-corrected chi connectivity index (χ3v) is 13.7. The van der Waals surface area contributed by atoms with Crippen LogP contribution in [0.1, 0.15) is 284 Å². The number of esters is 3. The Bertz CT molecular complexity index is 1830. The summed E-state index contributed by atoms with van der Waals surface area (Å²) in [5.74, 6) is -0.962. The zero-order valence-corrected chi connectivity index (χ0v) is 52.9. The second-order valence-corrected chi connectivity index (χ2v) is 21.6. The van der Waals surface area contributed by atoms with E-state index in [2.05, 4.69) is 179 Å². The predicted octanol–water partition coefficient (Wildman–Crippen LogP) is 23.3. The number of hydrogen-bond donors (Lipinski definition) is 0. The maximum atomic E-state index is 12.9. The van der Waals surface area contributed by atoms with Crippen LogP contribution < -0.4 is 0 Å². The predicted molar refractivity (Wildman–Crippen MR) is 357 cm³/mol. The first kappa shape index (κ1) is 77.0. The van der Waals surface area contributed by atoms with E-state index >= 15 is 0 Å². The zero-order valence-electron chi connectivity index (χ0n) is 52.9. The Morgan fingerprint density at radius 2 is 0.476 bits per heavy atom. The minimum absolute atomic E-state index is 0.106. The van der Waals surface area contributed by atoms with Crippen molar-refractivity contribution in [1.82, 2.24) is 0 Å². The van der Waals surface area contributed by atoms with Crippen molar-refractivity contribution in [2.24, 2.45) is 0 Å². The SMILES string of the molecule is CC/C=C\C/C=C\C/C=C\C/C=C\C/C=C\C/C=C\CCCCCCCCCCCCC(=O)OCC(COC(=O)CCCCCCC/C=C\CCCCCCC)OC(=O)CCCC/C=C\C/C=C\C/C=C\C/C=C\C/C=C\C/C=C\CC. The molecule has 82 heavy (non-hydrogen) atoms. The second kappa shape index (κ2) is 68.5. The highest BCUT2D eigenvalue weighted by Gasteiger charge is 2.19. The normalized spacial score (nSPS) is 13.2. The van der Waals surface area contributed by atoms with Gasteiger partial charge in [-0.25, -0.2) is 0 Å². The third-order valence-electron chi connectivity index (χ3n) is 13.7. The molecule has 0 saturated heterocycles. The van der Waals surface area contributed by atoms with Gasteiger partial charge in [-0.1, -0.05) is 275 Å². The molecule has 6 nitrogen and oxygen atoms in total. The van der Waals surface area contributed by atoms with Crippen LogP contribution in [-0.4, -0.2) is 37.2 Å². The summed E-state index contributed by atoms with van der Waals surface area (Å²) in [6, 6.07) is 0. The topological polar surface area (TPSA) is 78.9 Å². The summed E-state index contributed by atoms with van der Waals surface area (Å²) in [5, 5.41) is 0. The van der Waals surface area contributed by atoms with Gasteiger partial charge in [0.15, 0.2) is 6.10 Å². The van der Waals surface area contributed by atoms with E-state index < -0.39 is 6.10 Å². The molecule has 0 rings (SSSR count). The second-order valence-electron chi connectivity index (χ2n) is 21.6. The maximum Gasteiger partial charge on any atom is 0.306 e. The fourth-order valence-corrected chi connectivity index (χ4v) is 8.80. The van der Waals surface area contributed by atoms with Gasteiger partial charge < -0.3 is 14.2 Å². The zero-order chi connectivity index (χ0) is 59.2. The number of unbranched alkanes of at least 4 members (excludes halogenated alkanes) is 22. The van der Waals surface area contributed by atoms with Crippen LogP contribution >= 0.6 is 0 Å². The van der Waals surface area contributed by atoms with Crippen molar-refractivity contribution in [1.29, 1.82) is 0 Å². The van der Waals surface area contributed by atoms with Crippen molar-refractivity contribution >= 4 is 17.9 Å². The van der Waals surface area contributed by atoms with Gasteiger partial charge >= 0.3 is 17.9 Å². The van der Waals surface area contributed by atoms with Gasteiger partial charge in [0.05, 0.1) is 0 Å². The molecule has 0 fully saturated rings. The van der Waals surface area contributed by atoms with Crippen LogP contribution in [0.15, 0.2) is 158 Å². The standard InChI is InChI=1S/C76H122O6/c1-4-7-10-13-16-19-22-25-28-30-32-34-35-36-37-38-39-40-41-43-44-46-48-51-54-57-60-63-66-69-75(78)81-72-73(71-80-74(77)68-65-62-59-56-53-50-27-24-21-18-15-12-9-6-3)82-76(79)70-67-64-61-58-55-52-49-47-45-42-33-31-29-26-23-20-17-14-11-8-5-2/h7-8,10-11,16-17,19-20,24-29,32-34,36-37,39-40,42,47,49,55,58,73H,4-6,9,12-15,18,21-23,30-31,35,38,41,43-46,48,50-54,56-57,59-72H2,1-3H3/b10-7-,11-8-,19-16-,20-17-,27-24-,28-25-,29-26-,34-32-,37-36-,40-39-,42-33-,49-47-,58-55-. The fourth-order valence-electron chi connectivity index (χ4n) is 8.80. The van der Waals surface area contributed by atoms with E-state index in [-0.39, 0.29) is 37.5 Å². The van der Waals surface area contributed by atoms with Crippen LogP contribution in [0.25, 0.3) is 0 Å². The molecule has 0 aromatic carbocycles. The highest BCUT2D eigenvalue weighted by molar-refractivity contribution is 5.71. The fraction of sp³-hybridized carbons (Fsp3) is 0.618. The Labute approximate surface area is 505 Å². The van der Waals surface area contributed by atoms with Gasteiger partial charge in [0.1, 0.15) is 13.2 Å². The summed E-state index contributed by atoms with van der Waals surface area (Å²) in [6.07, 6.45) is 99.7. The van der Waals surface area contributed by atoms with Crippen molar-refractivity contribution in [2.75, 3.05) is 13.2 Å². The van der Waals surface area contributed by atoms with E-state index in [9.17, 15) is 14.4 Å². The summed E-state index contributed by atoms with van der Waals surface area (Å²) in [7, 11) is 0. The lowest BCUT2D eigenvalue weighted by molar-refractivity contribution is -0.167. The first-order valence-corrected chi connectivity index (χ1v) is 33.5. The van der Waals surface area contributed by atoms with Gasteiger partial charge in [0.2, 0.25) is 0 Å². The van der Waals surface area contributed by atoms with E-state index in [0.717, 1.165) is 148 Å². The number of hydrogen-bond acceptors (Lipinski definition) is 6. The molecule has 0 aliphatic rings. The molecule has 0 spiro atoms. The summed E-state index contributed by atoms with van der Waals surface area (Å²) in [5.41, 5.74) is 0. The van der Waals surface area contributed by atoms with Crippen molar-refractivity contribution < 1.29 is 28.6 Å². The van der Waals surface area contributed by atoms with E-state index in [1.807, 2.05) is 0 Å². The molecule has 0 saturated carbocycles. The van der Waals surface area contributed by atoms with Crippen LogP contribution in [0.2, 0.25) is 0 Å². The van der Waals surface area contributed by atoms with Gasteiger partial charge in [-0.15, -0.1) is 0 Å². The largest absolute Gasteiger partial charge is 0.462 e. The molecular weight excluding hydrogens is 1010 g/mol. The van der Waals surface area contributed by atoms with Crippen LogP contribution in [0.3, 0.4) is 0 Å². The number of carbonyl (C=O) groups is 3. The van der Waals surface area contributed by atoms with Gasteiger partial charge in [0, 0.05) is 19.3 Å². The summed E-state index contributed by atoms with van der Waals surface area (Å²) < 4.78 is 16.9. The highest BCUT2D eigenvalue weighted by atomic mass is 16.6. The Morgan fingerprint density at radius 1 is 0.256 bits per heavy atom. The molecule has 0 amide bonds. The summed E-state index contributed by atoms with van der Waals surface area (Å²) in [6.45, 7) is 6.36. The van der Waals surface area contributed by atoms with Crippen molar-refractivity contribution in [3.63, 3.8) is 0 Å². The number of rotatable bonds is 59. The molecule has 0 heterocycles. The van der Waals surface area contributed by atoms with E-state index in [4.69, 9.17) is 14.2 Å². The van der Waals surface area contributed by atoms with Crippen molar-refractivity contribution in [3.8, 4) is 0 Å². The van der Waals surface area contributed by atoms with Crippen LogP contribution in [0.5, 0.6) is 0 Å². The van der Waals surface area contributed by atoms with E-state index in [1.54, 1.807) is 0 Å². The van der Waals surface area contributed by atoms with E-state index in [1.165, 1.54) is 89.9 Å². The molecule has 0 radical (unpaired) electrons. The first-order chi connectivity index (χ1) is 40.5. The van der Waals surface area contributed by atoms with Gasteiger partial charge in [0.25, 0.3) is 0 Å². The molecule has 0 aromatic heterocycles. The van der Waals surface area contributed by atoms with E-state index in [0.29, 0.717) is 19.3 Å². The average molecular weight is 1130 g/mol. The Balaban J connectivity index is 4.42. The molecule has 462 valence electrons. The molecule has 0 aromatic rings. The molecule has 0 bridgehead atoms. The Morgan fingerprint density at radius 3 is 0.780 bits per heavy atom. The smallest absolute Gasteiger partial charge is 0.306 e. The molecule has 0 aliphatic heterocycles. The minimum atomic E-state index is -0.815. The lowest BCUT2D eigenvalue weighted by atomic mass is 10.1. The maximum absolute atomic E-state index is 12.9. The molecule has 1 unspecified atom stereocenters. The monoisotopic (exact) mass is 1130 g/mol. The van der Waals surface area contributed by atoms with Gasteiger partial charge in [-0.05, 0) is 148 Å². The lowest BCUT2D eigenvalue weighted by Gasteiger charge is -2.18. The van der Waals surface area contributed by atoms with Crippen LogP contribution in [0, 0.1) is 0 Å². The van der Waals surface area contributed by atoms with Crippen LogP contribution in [0.4, 0.5) is 0 Å². The quantitative estimate of drug-likeness (QED) is 0.0261. The lowest BCUT2D eigenvalue weighted by Crippen LogP contribution is -2.30. The molecule has 0 N–H and O–H groups in total. The number of ether oxygens (including phenoxy) is 3. The molecule has 0 aliphatic carbocycles. The number of allylic oxidation sites excluding steroid dienone is 26. The van der Waals surface area contributed by atoms with Gasteiger partial charge in [-0.3, -0.25) is 14.4 Å². The summed E-state index contributed by atoms with van der Waals surface area (Å²) >= 11 is 0. The third kappa shape index (κ3) is 65.8. The van der Waals surface area contributed by atoms with Crippen molar-refractivity contribution in [3.05, 3.63) is 158 Å². The average Bonchev–Trinajstić information content (AvgIpc) is 3.47.